The van der Waals surface area contributed by atoms with E-state index < -0.39 is 0 Å². The maximum absolute atomic E-state index is 5.25. The Morgan fingerprint density at radius 1 is 1.15 bits per heavy atom. The van der Waals surface area contributed by atoms with Crippen LogP contribution in [0.3, 0.4) is 0 Å². The molecule has 5 nitrogen and oxygen atoms in total. The molecule has 1 atom stereocenters. The molecule has 0 N–H and O–H groups in total. The van der Waals surface area contributed by atoms with Crippen LogP contribution in [0.15, 0.2) is 54.9 Å². The number of nitrogens with zero attached hydrogens (tertiary/aromatic N) is 4. The second kappa shape index (κ2) is 7.92. The molecule has 0 amide bonds. The molecule has 27 heavy (non-hydrogen) atoms. The Morgan fingerprint density at radius 3 is 2.74 bits per heavy atom. The van der Waals surface area contributed by atoms with Crippen molar-refractivity contribution >= 4 is 0 Å². The van der Waals surface area contributed by atoms with Crippen molar-refractivity contribution in [3.05, 3.63) is 66.4 Å². The van der Waals surface area contributed by atoms with Crippen molar-refractivity contribution in [2.24, 2.45) is 7.05 Å². The number of likely N-dealkylation sites (tertiary alicyclic amines) is 1. The van der Waals surface area contributed by atoms with Crippen LogP contribution in [0.4, 0.5) is 0 Å². The highest BCUT2D eigenvalue weighted by molar-refractivity contribution is 5.60. The molecule has 1 fully saturated rings. The molecule has 2 aromatic heterocycles. The summed E-state index contributed by atoms with van der Waals surface area (Å²) in [5.41, 5.74) is 3.34. The van der Waals surface area contributed by atoms with E-state index in [9.17, 15) is 0 Å². The number of piperidine rings is 1. The third-order valence-corrected chi connectivity index (χ3v) is 5.37. The Kier molecular flexibility index (Phi) is 5.21. The van der Waals surface area contributed by atoms with Gasteiger partial charge in [0.15, 0.2) is 0 Å². The van der Waals surface area contributed by atoms with Gasteiger partial charge in [-0.1, -0.05) is 6.07 Å². The number of imidazole rings is 1. The molecule has 4 rings (SSSR count). The average Bonchev–Trinajstić information content (AvgIpc) is 3.13. The molecule has 1 aromatic carbocycles. The number of rotatable bonds is 5. The first-order chi connectivity index (χ1) is 13.2. The highest BCUT2D eigenvalue weighted by Crippen LogP contribution is 2.28. The molecule has 1 aliphatic rings. The van der Waals surface area contributed by atoms with Gasteiger partial charge in [-0.25, -0.2) is 4.98 Å². The van der Waals surface area contributed by atoms with Crippen LogP contribution in [-0.4, -0.2) is 39.6 Å². The quantitative estimate of drug-likeness (QED) is 0.691. The van der Waals surface area contributed by atoms with Gasteiger partial charge in [0, 0.05) is 43.2 Å². The fraction of sp³-hybridized carbons (Fsp3) is 0.364. The molecule has 0 spiro atoms. The van der Waals surface area contributed by atoms with E-state index in [2.05, 4.69) is 51.8 Å². The molecule has 0 aliphatic carbocycles. The lowest BCUT2D eigenvalue weighted by molar-refractivity contribution is 0.192. The first-order valence-electron chi connectivity index (χ1n) is 9.53. The zero-order valence-electron chi connectivity index (χ0n) is 16.0. The number of pyridine rings is 1. The summed E-state index contributed by atoms with van der Waals surface area (Å²) in [6.07, 6.45) is 6.27. The van der Waals surface area contributed by atoms with Gasteiger partial charge in [-0.2, -0.15) is 0 Å². The summed E-state index contributed by atoms with van der Waals surface area (Å²) in [4.78, 5) is 12.0. The van der Waals surface area contributed by atoms with E-state index in [0.29, 0.717) is 5.92 Å². The number of methoxy groups -OCH3 is 1. The van der Waals surface area contributed by atoms with E-state index in [1.165, 1.54) is 18.5 Å². The van der Waals surface area contributed by atoms with Crippen molar-refractivity contribution in [3.63, 3.8) is 0 Å². The van der Waals surface area contributed by atoms with Crippen LogP contribution >= 0.6 is 0 Å². The van der Waals surface area contributed by atoms with E-state index in [1.807, 2.05) is 24.5 Å². The van der Waals surface area contributed by atoms with Crippen molar-refractivity contribution in [2.45, 2.75) is 25.3 Å². The van der Waals surface area contributed by atoms with Crippen LogP contribution < -0.4 is 4.74 Å². The minimum atomic E-state index is 0.470. The number of hydrogen-bond acceptors (Lipinski definition) is 4. The van der Waals surface area contributed by atoms with Gasteiger partial charge in [0.1, 0.15) is 11.6 Å². The molecule has 5 heteroatoms. The molecule has 1 saturated heterocycles. The Morgan fingerprint density at radius 2 is 2.00 bits per heavy atom. The van der Waals surface area contributed by atoms with Crippen LogP contribution in [0, 0.1) is 0 Å². The van der Waals surface area contributed by atoms with Gasteiger partial charge in [-0.15, -0.1) is 0 Å². The third-order valence-electron chi connectivity index (χ3n) is 5.37. The Balaban J connectivity index is 1.49. The van der Waals surface area contributed by atoms with Gasteiger partial charge in [-0.05, 0) is 55.8 Å². The summed E-state index contributed by atoms with van der Waals surface area (Å²) in [5.74, 6) is 2.46. The monoisotopic (exact) mass is 362 g/mol. The van der Waals surface area contributed by atoms with Gasteiger partial charge < -0.3 is 9.30 Å². The molecular weight excluding hydrogens is 336 g/mol. The minimum absolute atomic E-state index is 0.470. The van der Waals surface area contributed by atoms with Gasteiger partial charge in [0.05, 0.1) is 19.3 Å². The molecule has 0 radical (unpaired) electrons. The Labute approximate surface area is 160 Å². The zero-order valence-corrected chi connectivity index (χ0v) is 16.0. The van der Waals surface area contributed by atoms with E-state index in [0.717, 1.165) is 42.5 Å². The molecular formula is C22H26N4O. The highest BCUT2D eigenvalue weighted by Gasteiger charge is 2.23. The molecule has 3 heterocycles. The molecule has 0 saturated carbocycles. The first-order valence-corrected chi connectivity index (χ1v) is 9.53. The smallest absolute Gasteiger partial charge is 0.122 e. The van der Waals surface area contributed by atoms with Gasteiger partial charge in [0.25, 0.3) is 0 Å². The lowest BCUT2D eigenvalue weighted by Crippen LogP contribution is -2.34. The maximum atomic E-state index is 5.25. The molecule has 140 valence electrons. The normalized spacial score (nSPS) is 17.8. The standard InChI is InChI=1S/C22H26N4O/c1-25-14-12-23-22(25)16-26-13-4-5-18(15-26)21-7-3-6-20(24-21)17-8-10-19(27-2)11-9-17/h3,6-12,14,18H,4-5,13,15-16H2,1-2H3/t18-/m0/s1. The number of benzene rings is 1. The lowest BCUT2D eigenvalue weighted by atomic mass is 9.94. The van der Waals surface area contributed by atoms with Crippen molar-refractivity contribution in [2.75, 3.05) is 20.2 Å². The lowest BCUT2D eigenvalue weighted by Gasteiger charge is -2.32. The second-order valence-electron chi connectivity index (χ2n) is 7.20. The van der Waals surface area contributed by atoms with E-state index in [-0.39, 0.29) is 0 Å². The number of hydrogen-bond donors (Lipinski definition) is 0. The average molecular weight is 362 g/mol. The molecule has 0 unspecified atom stereocenters. The third kappa shape index (κ3) is 4.03. The van der Waals surface area contributed by atoms with Gasteiger partial charge >= 0.3 is 0 Å². The topological polar surface area (TPSA) is 43.2 Å². The van der Waals surface area contributed by atoms with Crippen LogP contribution in [0.25, 0.3) is 11.3 Å². The SMILES string of the molecule is COc1ccc(-c2cccc([C@H]3CCCN(Cc4nccn4C)C3)n2)cc1. The van der Waals surface area contributed by atoms with Crippen molar-refractivity contribution in [1.82, 2.24) is 19.4 Å². The fourth-order valence-corrected chi connectivity index (χ4v) is 3.79. The molecule has 0 bridgehead atoms. The largest absolute Gasteiger partial charge is 0.497 e. The number of ether oxygens (including phenoxy) is 1. The molecule has 1 aliphatic heterocycles. The zero-order chi connectivity index (χ0) is 18.6. The van der Waals surface area contributed by atoms with Crippen LogP contribution in [-0.2, 0) is 13.6 Å². The number of aryl methyl sites for hydroxylation is 1. The van der Waals surface area contributed by atoms with Crippen molar-refractivity contribution < 1.29 is 4.74 Å². The van der Waals surface area contributed by atoms with Crippen LogP contribution in [0.5, 0.6) is 5.75 Å². The highest BCUT2D eigenvalue weighted by atomic mass is 16.5. The van der Waals surface area contributed by atoms with Gasteiger partial charge in [0.2, 0.25) is 0 Å². The number of aromatic nitrogens is 3. The van der Waals surface area contributed by atoms with E-state index in [4.69, 9.17) is 9.72 Å². The molecule has 3 aromatic rings. The van der Waals surface area contributed by atoms with Crippen LogP contribution in [0.1, 0.15) is 30.3 Å². The van der Waals surface area contributed by atoms with Crippen molar-refractivity contribution in [1.29, 1.82) is 0 Å². The summed E-state index contributed by atoms with van der Waals surface area (Å²) >= 11 is 0. The maximum Gasteiger partial charge on any atom is 0.122 e. The summed E-state index contributed by atoms with van der Waals surface area (Å²) in [5, 5.41) is 0. The minimum Gasteiger partial charge on any atom is -0.497 e. The van der Waals surface area contributed by atoms with Crippen molar-refractivity contribution in [3.8, 4) is 17.0 Å². The predicted octanol–water partition coefficient (Wildman–Crippen LogP) is 3.87. The fourth-order valence-electron chi connectivity index (χ4n) is 3.79. The summed E-state index contributed by atoms with van der Waals surface area (Å²) in [6, 6.07) is 14.5. The Hall–Kier alpha value is -2.66. The Bertz CT molecular complexity index is 887. The summed E-state index contributed by atoms with van der Waals surface area (Å²) in [7, 11) is 3.75. The predicted molar refractivity (Wildman–Crippen MR) is 107 cm³/mol. The van der Waals surface area contributed by atoms with Gasteiger partial charge in [-0.3, -0.25) is 9.88 Å². The van der Waals surface area contributed by atoms with E-state index in [1.54, 1.807) is 7.11 Å². The summed E-state index contributed by atoms with van der Waals surface area (Å²) < 4.78 is 7.36. The van der Waals surface area contributed by atoms with E-state index >= 15 is 0 Å². The second-order valence-corrected chi connectivity index (χ2v) is 7.20. The first kappa shape index (κ1) is 17.7. The summed E-state index contributed by atoms with van der Waals surface area (Å²) in [6.45, 7) is 3.06. The van der Waals surface area contributed by atoms with Crippen LogP contribution in [0.2, 0.25) is 0 Å².